The van der Waals surface area contributed by atoms with Crippen LogP contribution < -0.4 is 5.32 Å². The molecule has 0 rings (SSSR count). The van der Waals surface area contributed by atoms with Crippen LogP contribution in [0.15, 0.2) is 4.99 Å². The Labute approximate surface area is 78.4 Å². The summed E-state index contributed by atoms with van der Waals surface area (Å²) < 4.78 is 23.7. The van der Waals surface area contributed by atoms with Crippen LogP contribution in [0, 0.1) is 0 Å². The minimum absolute atomic E-state index is 0.253. The van der Waals surface area contributed by atoms with E-state index in [4.69, 9.17) is 0 Å². The highest BCUT2D eigenvalue weighted by Gasteiger charge is 2.03. The number of nitrogens with zero attached hydrogens (tertiary/aromatic N) is 1. The number of amidine groups is 1. The van der Waals surface area contributed by atoms with E-state index in [0.29, 0.717) is 5.84 Å². The standard InChI is InChI=1S/C9H18F2N2/c1-4-5-9(13-7(2)3)12-6-8(10)11/h7-8H,4-6H2,1-3H3,(H,12,13). The molecule has 0 amide bonds. The molecular formula is C9H18F2N2. The van der Waals surface area contributed by atoms with Crippen LogP contribution in [0.1, 0.15) is 33.6 Å². The molecule has 1 N–H and O–H groups in total. The van der Waals surface area contributed by atoms with Crippen molar-refractivity contribution in [3.8, 4) is 0 Å². The number of rotatable bonds is 5. The van der Waals surface area contributed by atoms with Gasteiger partial charge >= 0.3 is 0 Å². The Morgan fingerprint density at radius 3 is 2.38 bits per heavy atom. The first-order valence-corrected chi connectivity index (χ1v) is 4.64. The van der Waals surface area contributed by atoms with Crippen LogP contribution in [-0.2, 0) is 0 Å². The van der Waals surface area contributed by atoms with Crippen LogP contribution in [0.2, 0.25) is 0 Å². The molecule has 2 nitrogen and oxygen atoms in total. The highest BCUT2D eigenvalue weighted by molar-refractivity contribution is 5.82. The number of halogens is 2. The average molecular weight is 192 g/mol. The summed E-state index contributed by atoms with van der Waals surface area (Å²) in [5, 5.41) is 3.05. The van der Waals surface area contributed by atoms with Gasteiger partial charge in [0.05, 0.1) is 5.84 Å². The van der Waals surface area contributed by atoms with Crippen LogP contribution in [0.5, 0.6) is 0 Å². The molecular weight excluding hydrogens is 174 g/mol. The molecule has 0 heterocycles. The van der Waals surface area contributed by atoms with E-state index in [9.17, 15) is 8.78 Å². The number of alkyl halides is 2. The first-order valence-electron chi connectivity index (χ1n) is 4.64. The van der Waals surface area contributed by atoms with E-state index in [2.05, 4.69) is 10.3 Å². The normalized spacial score (nSPS) is 12.7. The lowest BCUT2D eigenvalue weighted by Gasteiger charge is -2.12. The van der Waals surface area contributed by atoms with E-state index in [1.165, 1.54) is 0 Å². The first kappa shape index (κ1) is 12.3. The van der Waals surface area contributed by atoms with Crippen LogP contribution in [0.25, 0.3) is 0 Å². The van der Waals surface area contributed by atoms with Gasteiger partial charge in [-0.3, -0.25) is 4.99 Å². The molecule has 0 aromatic heterocycles. The summed E-state index contributed by atoms with van der Waals surface area (Å²) in [4.78, 5) is 3.81. The topological polar surface area (TPSA) is 24.4 Å². The lowest BCUT2D eigenvalue weighted by molar-refractivity contribution is 0.158. The lowest BCUT2D eigenvalue weighted by Crippen LogP contribution is -2.30. The SMILES string of the molecule is CCCC(=NCC(F)F)NC(C)C. The minimum Gasteiger partial charge on any atom is -0.372 e. The number of hydrogen-bond acceptors (Lipinski definition) is 1. The van der Waals surface area contributed by atoms with Crippen molar-refractivity contribution in [2.24, 2.45) is 4.99 Å². The van der Waals surface area contributed by atoms with Crippen molar-refractivity contribution in [1.29, 1.82) is 0 Å². The Hall–Kier alpha value is -0.670. The molecule has 0 aliphatic rings. The molecule has 0 fully saturated rings. The Balaban J connectivity index is 3.98. The fourth-order valence-electron chi connectivity index (χ4n) is 0.946. The van der Waals surface area contributed by atoms with E-state index in [-0.39, 0.29) is 6.04 Å². The highest BCUT2D eigenvalue weighted by atomic mass is 19.3. The Morgan fingerprint density at radius 1 is 1.38 bits per heavy atom. The maximum atomic E-state index is 11.8. The van der Waals surface area contributed by atoms with Crippen molar-refractivity contribution in [3.05, 3.63) is 0 Å². The van der Waals surface area contributed by atoms with Crippen molar-refractivity contribution in [3.63, 3.8) is 0 Å². The van der Waals surface area contributed by atoms with E-state index < -0.39 is 13.0 Å². The Kier molecular flexibility index (Phi) is 6.45. The summed E-state index contributed by atoms with van der Waals surface area (Å²) in [6.45, 7) is 5.54. The van der Waals surface area contributed by atoms with Gasteiger partial charge in [-0.15, -0.1) is 0 Å². The van der Waals surface area contributed by atoms with Gasteiger partial charge in [0.25, 0.3) is 6.43 Å². The summed E-state index contributed by atoms with van der Waals surface area (Å²) in [5.41, 5.74) is 0. The molecule has 0 unspecified atom stereocenters. The monoisotopic (exact) mass is 192 g/mol. The molecule has 0 aromatic rings. The highest BCUT2D eigenvalue weighted by Crippen LogP contribution is 1.96. The third-order valence-corrected chi connectivity index (χ3v) is 1.36. The zero-order valence-corrected chi connectivity index (χ0v) is 8.48. The summed E-state index contributed by atoms with van der Waals surface area (Å²) in [6.07, 6.45) is -0.687. The second-order valence-corrected chi connectivity index (χ2v) is 3.23. The molecule has 78 valence electrons. The fourth-order valence-corrected chi connectivity index (χ4v) is 0.946. The molecule has 0 aliphatic carbocycles. The zero-order valence-electron chi connectivity index (χ0n) is 8.48. The molecule has 0 saturated heterocycles. The van der Waals surface area contributed by atoms with Gasteiger partial charge in [0.15, 0.2) is 0 Å². The molecule has 0 aromatic carbocycles. The van der Waals surface area contributed by atoms with Crippen molar-refractivity contribution < 1.29 is 8.78 Å². The number of aliphatic imine (C=N–C) groups is 1. The second-order valence-electron chi connectivity index (χ2n) is 3.23. The van der Waals surface area contributed by atoms with Gasteiger partial charge in [-0.2, -0.15) is 0 Å². The number of hydrogen-bond donors (Lipinski definition) is 1. The molecule has 0 radical (unpaired) electrons. The van der Waals surface area contributed by atoms with Crippen molar-refractivity contribution in [1.82, 2.24) is 5.32 Å². The lowest BCUT2D eigenvalue weighted by atomic mass is 10.3. The van der Waals surface area contributed by atoms with E-state index in [1.807, 2.05) is 20.8 Å². The summed E-state index contributed by atoms with van der Waals surface area (Å²) in [6, 6.07) is 0.253. The van der Waals surface area contributed by atoms with Crippen LogP contribution in [0.4, 0.5) is 8.78 Å². The quantitative estimate of drug-likeness (QED) is 0.525. The van der Waals surface area contributed by atoms with E-state index in [0.717, 1.165) is 12.8 Å². The van der Waals surface area contributed by atoms with Gasteiger partial charge in [0.1, 0.15) is 6.54 Å². The first-order chi connectivity index (χ1) is 6.06. The van der Waals surface area contributed by atoms with Crippen LogP contribution in [-0.4, -0.2) is 24.8 Å². The molecule has 0 bridgehead atoms. The maximum absolute atomic E-state index is 11.8. The summed E-state index contributed by atoms with van der Waals surface area (Å²) >= 11 is 0. The van der Waals surface area contributed by atoms with Crippen LogP contribution >= 0.6 is 0 Å². The zero-order chi connectivity index (χ0) is 10.3. The third kappa shape index (κ3) is 7.68. The van der Waals surface area contributed by atoms with Crippen molar-refractivity contribution in [2.45, 2.75) is 46.1 Å². The Bertz CT molecular complexity index is 156. The van der Waals surface area contributed by atoms with Gasteiger partial charge in [-0.25, -0.2) is 8.78 Å². The average Bonchev–Trinajstić information content (AvgIpc) is 1.99. The predicted octanol–water partition coefficient (Wildman–Crippen LogP) is 2.45. The molecule has 13 heavy (non-hydrogen) atoms. The van der Waals surface area contributed by atoms with Gasteiger partial charge in [0, 0.05) is 12.5 Å². The summed E-state index contributed by atoms with van der Waals surface area (Å²) in [5.74, 6) is 0.692. The van der Waals surface area contributed by atoms with Gasteiger partial charge in [0.2, 0.25) is 0 Å². The molecule has 4 heteroatoms. The molecule has 0 spiro atoms. The molecule has 0 aliphatic heterocycles. The van der Waals surface area contributed by atoms with Gasteiger partial charge < -0.3 is 5.32 Å². The largest absolute Gasteiger partial charge is 0.372 e. The second kappa shape index (κ2) is 6.80. The maximum Gasteiger partial charge on any atom is 0.257 e. The predicted molar refractivity (Wildman–Crippen MR) is 51.5 cm³/mol. The van der Waals surface area contributed by atoms with E-state index in [1.54, 1.807) is 0 Å². The minimum atomic E-state index is -2.35. The summed E-state index contributed by atoms with van der Waals surface area (Å²) in [7, 11) is 0. The fraction of sp³-hybridized carbons (Fsp3) is 0.889. The van der Waals surface area contributed by atoms with Gasteiger partial charge in [-0.05, 0) is 20.3 Å². The third-order valence-electron chi connectivity index (χ3n) is 1.36. The molecule has 0 saturated carbocycles. The Morgan fingerprint density at radius 2 is 2.00 bits per heavy atom. The smallest absolute Gasteiger partial charge is 0.257 e. The van der Waals surface area contributed by atoms with Crippen LogP contribution in [0.3, 0.4) is 0 Å². The number of nitrogens with one attached hydrogen (secondary N) is 1. The van der Waals surface area contributed by atoms with E-state index >= 15 is 0 Å². The van der Waals surface area contributed by atoms with Gasteiger partial charge in [-0.1, -0.05) is 6.92 Å². The molecule has 0 atom stereocenters. The van der Waals surface area contributed by atoms with Crippen molar-refractivity contribution in [2.75, 3.05) is 6.54 Å². The van der Waals surface area contributed by atoms with Crippen molar-refractivity contribution >= 4 is 5.84 Å².